The molecule has 2 nitrogen and oxygen atoms in total. The summed E-state index contributed by atoms with van der Waals surface area (Å²) in [6.45, 7) is 6.46. The molecule has 18 heavy (non-hydrogen) atoms. The van der Waals surface area contributed by atoms with Gasteiger partial charge < -0.3 is 5.73 Å². The average Bonchev–Trinajstić information content (AvgIpc) is 2.42. The van der Waals surface area contributed by atoms with Gasteiger partial charge in [0.2, 0.25) is 0 Å². The molecule has 2 N–H and O–H groups in total. The number of benzene rings is 1. The van der Waals surface area contributed by atoms with Crippen molar-refractivity contribution in [3.63, 3.8) is 0 Å². The van der Waals surface area contributed by atoms with Crippen molar-refractivity contribution in [3.8, 4) is 0 Å². The van der Waals surface area contributed by atoms with E-state index in [0.717, 1.165) is 12.5 Å². The van der Waals surface area contributed by atoms with Crippen LogP contribution in [0.15, 0.2) is 22.7 Å². The third kappa shape index (κ3) is 3.56. The Morgan fingerprint density at radius 3 is 2.61 bits per heavy atom. The maximum atomic E-state index is 5.65. The molecule has 1 aliphatic rings. The summed E-state index contributed by atoms with van der Waals surface area (Å²) in [4.78, 5) is 2.56. The molecule has 0 radical (unpaired) electrons. The zero-order valence-electron chi connectivity index (χ0n) is 11.2. The number of halogens is 1. The number of hydrogen-bond donors (Lipinski definition) is 1. The predicted octanol–water partition coefficient (Wildman–Crippen LogP) is 3.53. The third-order valence-corrected chi connectivity index (χ3v) is 4.77. The zero-order chi connectivity index (χ0) is 13.0. The molecule has 0 aromatic heterocycles. The van der Waals surface area contributed by atoms with Crippen LogP contribution in [0.4, 0.5) is 0 Å². The monoisotopic (exact) mass is 310 g/mol. The van der Waals surface area contributed by atoms with Gasteiger partial charge in [-0.25, -0.2) is 0 Å². The van der Waals surface area contributed by atoms with Crippen molar-refractivity contribution in [2.24, 2.45) is 11.7 Å². The topological polar surface area (TPSA) is 29.3 Å². The molecule has 1 aliphatic heterocycles. The van der Waals surface area contributed by atoms with Crippen LogP contribution in [0.2, 0.25) is 0 Å². The minimum Gasteiger partial charge on any atom is -0.326 e. The molecule has 1 aromatic carbocycles. The fourth-order valence-electron chi connectivity index (χ4n) is 2.64. The lowest BCUT2D eigenvalue weighted by Crippen LogP contribution is -2.33. The molecule has 0 bridgehead atoms. The number of piperidine rings is 1. The maximum absolute atomic E-state index is 5.65. The average molecular weight is 311 g/mol. The molecule has 100 valence electrons. The summed E-state index contributed by atoms with van der Waals surface area (Å²) >= 11 is 3.66. The molecule has 0 spiro atoms. The molecule has 0 aliphatic carbocycles. The highest BCUT2D eigenvalue weighted by Gasteiger charge is 2.18. The summed E-state index contributed by atoms with van der Waals surface area (Å²) in [6, 6.07) is 6.49. The van der Waals surface area contributed by atoms with Crippen molar-refractivity contribution in [1.29, 1.82) is 0 Å². The fraction of sp³-hybridized carbons (Fsp3) is 0.600. The van der Waals surface area contributed by atoms with Gasteiger partial charge in [-0.05, 0) is 49.0 Å². The molecule has 0 amide bonds. The van der Waals surface area contributed by atoms with Crippen LogP contribution < -0.4 is 5.73 Å². The van der Waals surface area contributed by atoms with E-state index in [4.69, 9.17) is 5.73 Å². The number of nitrogens with two attached hydrogens (primary N) is 1. The van der Waals surface area contributed by atoms with Gasteiger partial charge in [-0.3, -0.25) is 4.90 Å². The predicted molar refractivity (Wildman–Crippen MR) is 80.3 cm³/mol. The standard InChI is InChI=1S/C15H23BrN2/c1-2-12-5-7-18(8-6-12)11-14-4-3-13(10-17)9-15(14)16/h3-4,9,12H,2,5-8,10-11,17H2,1H3. The first kappa shape index (κ1) is 14.0. The third-order valence-electron chi connectivity index (χ3n) is 4.03. The summed E-state index contributed by atoms with van der Waals surface area (Å²) in [7, 11) is 0. The van der Waals surface area contributed by atoms with Crippen LogP contribution in [0, 0.1) is 5.92 Å². The molecule has 3 heteroatoms. The number of hydrogen-bond acceptors (Lipinski definition) is 2. The lowest BCUT2D eigenvalue weighted by Gasteiger charge is -2.31. The van der Waals surface area contributed by atoms with Crippen molar-refractivity contribution in [1.82, 2.24) is 4.90 Å². The van der Waals surface area contributed by atoms with Gasteiger partial charge in [-0.15, -0.1) is 0 Å². The van der Waals surface area contributed by atoms with Crippen LogP contribution >= 0.6 is 15.9 Å². The normalized spacial score (nSPS) is 18.2. The van der Waals surface area contributed by atoms with Crippen LogP contribution in [0.5, 0.6) is 0 Å². The van der Waals surface area contributed by atoms with Crippen molar-refractivity contribution < 1.29 is 0 Å². The van der Waals surface area contributed by atoms with Gasteiger partial charge in [0.15, 0.2) is 0 Å². The van der Waals surface area contributed by atoms with E-state index in [1.807, 2.05) is 0 Å². The highest BCUT2D eigenvalue weighted by atomic mass is 79.9. The SMILES string of the molecule is CCC1CCN(Cc2ccc(CN)cc2Br)CC1. The summed E-state index contributed by atoms with van der Waals surface area (Å²) in [5.74, 6) is 0.948. The molecule has 1 heterocycles. The van der Waals surface area contributed by atoms with Gasteiger partial charge in [-0.2, -0.15) is 0 Å². The first-order valence-electron chi connectivity index (χ1n) is 6.92. The number of likely N-dealkylation sites (tertiary alicyclic amines) is 1. The minimum absolute atomic E-state index is 0.612. The smallest absolute Gasteiger partial charge is 0.0244 e. The van der Waals surface area contributed by atoms with Crippen molar-refractivity contribution in [2.75, 3.05) is 13.1 Å². The lowest BCUT2D eigenvalue weighted by molar-refractivity contribution is 0.175. The molecule has 0 saturated carbocycles. The summed E-state index contributed by atoms with van der Waals surface area (Å²) in [6.07, 6.45) is 4.05. The van der Waals surface area contributed by atoms with E-state index in [9.17, 15) is 0 Å². The number of nitrogens with zero attached hydrogens (tertiary/aromatic N) is 1. The fourth-order valence-corrected chi connectivity index (χ4v) is 3.19. The molecule has 2 rings (SSSR count). The lowest BCUT2D eigenvalue weighted by atomic mass is 9.94. The molecular weight excluding hydrogens is 288 g/mol. The van der Waals surface area contributed by atoms with E-state index in [0.29, 0.717) is 6.54 Å². The van der Waals surface area contributed by atoms with Crippen LogP contribution in [-0.2, 0) is 13.1 Å². The quantitative estimate of drug-likeness (QED) is 0.922. The van der Waals surface area contributed by atoms with Gasteiger partial charge in [0.05, 0.1) is 0 Å². The highest BCUT2D eigenvalue weighted by Crippen LogP contribution is 2.24. The van der Waals surface area contributed by atoms with Gasteiger partial charge >= 0.3 is 0 Å². The summed E-state index contributed by atoms with van der Waals surface area (Å²) in [5, 5.41) is 0. The first-order chi connectivity index (χ1) is 8.72. The molecule has 1 aromatic rings. The second-order valence-electron chi connectivity index (χ2n) is 5.26. The Morgan fingerprint density at radius 2 is 2.06 bits per heavy atom. The van der Waals surface area contributed by atoms with E-state index in [-0.39, 0.29) is 0 Å². The summed E-state index contributed by atoms with van der Waals surface area (Å²) in [5.41, 5.74) is 8.22. The van der Waals surface area contributed by atoms with Crippen LogP contribution in [0.1, 0.15) is 37.3 Å². The van der Waals surface area contributed by atoms with E-state index in [1.165, 1.54) is 48.0 Å². The zero-order valence-corrected chi connectivity index (χ0v) is 12.7. The van der Waals surface area contributed by atoms with E-state index < -0.39 is 0 Å². The van der Waals surface area contributed by atoms with Crippen molar-refractivity contribution in [2.45, 2.75) is 39.3 Å². The van der Waals surface area contributed by atoms with Gasteiger partial charge in [-0.1, -0.05) is 41.4 Å². The Morgan fingerprint density at radius 1 is 1.33 bits per heavy atom. The van der Waals surface area contributed by atoms with Gasteiger partial charge in [0, 0.05) is 17.6 Å². The Labute approximate surface area is 119 Å². The second-order valence-corrected chi connectivity index (χ2v) is 6.11. The summed E-state index contributed by atoms with van der Waals surface area (Å²) < 4.78 is 1.20. The van der Waals surface area contributed by atoms with Crippen LogP contribution in [0.3, 0.4) is 0 Å². The van der Waals surface area contributed by atoms with E-state index >= 15 is 0 Å². The molecule has 1 fully saturated rings. The van der Waals surface area contributed by atoms with Crippen molar-refractivity contribution >= 4 is 15.9 Å². The van der Waals surface area contributed by atoms with Gasteiger partial charge in [0.25, 0.3) is 0 Å². The highest BCUT2D eigenvalue weighted by molar-refractivity contribution is 9.10. The largest absolute Gasteiger partial charge is 0.326 e. The second kappa shape index (κ2) is 6.69. The molecule has 1 saturated heterocycles. The van der Waals surface area contributed by atoms with Crippen LogP contribution in [-0.4, -0.2) is 18.0 Å². The minimum atomic E-state index is 0.612. The van der Waals surface area contributed by atoms with E-state index in [1.54, 1.807) is 0 Å². The number of rotatable bonds is 4. The van der Waals surface area contributed by atoms with E-state index in [2.05, 4.69) is 46.0 Å². The van der Waals surface area contributed by atoms with Crippen LogP contribution in [0.25, 0.3) is 0 Å². The Bertz CT molecular complexity index is 384. The Kier molecular flexibility index (Phi) is 5.22. The first-order valence-corrected chi connectivity index (χ1v) is 7.72. The Balaban J connectivity index is 1.94. The molecular formula is C15H23BrN2. The maximum Gasteiger partial charge on any atom is 0.0244 e. The Hall–Kier alpha value is -0.380. The van der Waals surface area contributed by atoms with Gasteiger partial charge in [0.1, 0.15) is 0 Å². The molecule has 0 unspecified atom stereocenters. The molecule has 0 atom stereocenters. The van der Waals surface area contributed by atoms with Crippen molar-refractivity contribution in [3.05, 3.63) is 33.8 Å².